The van der Waals surface area contributed by atoms with Crippen molar-refractivity contribution in [2.45, 2.75) is 27.4 Å². The van der Waals surface area contributed by atoms with Crippen LogP contribution in [-0.4, -0.2) is 30.6 Å². The van der Waals surface area contributed by atoms with Crippen LogP contribution in [0, 0.1) is 20.8 Å². The topological polar surface area (TPSA) is 103 Å². The van der Waals surface area contributed by atoms with Crippen molar-refractivity contribution >= 4 is 17.5 Å². The van der Waals surface area contributed by atoms with Crippen molar-refractivity contribution in [1.29, 1.82) is 0 Å². The number of nitrogens with zero attached hydrogens (tertiary/aromatic N) is 1. The standard InChI is InChI=1S/C23H25N3O5/c1-14-5-10-21(29-4)20(11-14)25-22(27)12-24-23(28)17-6-8-18(9-7-17)30-13-19-15(2)26-31-16(19)3/h5-11H,12-13H2,1-4H3,(H,24,28)(H,25,27). The highest BCUT2D eigenvalue weighted by atomic mass is 16.5. The van der Waals surface area contributed by atoms with Crippen LogP contribution < -0.4 is 20.1 Å². The fourth-order valence-electron chi connectivity index (χ4n) is 2.94. The fraction of sp³-hybridized carbons (Fsp3) is 0.261. The zero-order valence-corrected chi connectivity index (χ0v) is 17.9. The van der Waals surface area contributed by atoms with E-state index >= 15 is 0 Å². The zero-order chi connectivity index (χ0) is 22.4. The Morgan fingerprint density at radius 3 is 2.45 bits per heavy atom. The molecule has 2 aromatic carbocycles. The molecule has 0 aliphatic rings. The molecule has 0 spiro atoms. The maximum absolute atomic E-state index is 12.3. The number of methoxy groups -OCH3 is 1. The van der Waals surface area contributed by atoms with Crippen LogP contribution in [0.4, 0.5) is 5.69 Å². The molecule has 2 amide bonds. The Balaban J connectivity index is 1.51. The minimum Gasteiger partial charge on any atom is -0.495 e. The largest absolute Gasteiger partial charge is 0.495 e. The molecule has 2 N–H and O–H groups in total. The van der Waals surface area contributed by atoms with E-state index in [1.165, 1.54) is 7.11 Å². The van der Waals surface area contributed by atoms with E-state index in [1.54, 1.807) is 36.4 Å². The van der Waals surface area contributed by atoms with Gasteiger partial charge in [0.25, 0.3) is 5.91 Å². The monoisotopic (exact) mass is 423 g/mol. The van der Waals surface area contributed by atoms with Crippen LogP contribution in [-0.2, 0) is 11.4 Å². The van der Waals surface area contributed by atoms with Crippen molar-refractivity contribution in [3.8, 4) is 11.5 Å². The second-order valence-electron chi connectivity index (χ2n) is 7.05. The first-order valence-corrected chi connectivity index (χ1v) is 9.74. The molecule has 8 heteroatoms. The zero-order valence-electron chi connectivity index (χ0n) is 17.9. The number of amides is 2. The van der Waals surface area contributed by atoms with Gasteiger partial charge in [0.05, 0.1) is 30.6 Å². The van der Waals surface area contributed by atoms with Gasteiger partial charge in [0.15, 0.2) is 0 Å². The van der Waals surface area contributed by atoms with Crippen molar-refractivity contribution in [1.82, 2.24) is 10.5 Å². The van der Waals surface area contributed by atoms with Crippen LogP contribution in [0.1, 0.15) is 32.9 Å². The average Bonchev–Trinajstić information content (AvgIpc) is 3.08. The minimum absolute atomic E-state index is 0.166. The summed E-state index contributed by atoms with van der Waals surface area (Å²) in [5.74, 6) is 1.17. The molecule has 0 radical (unpaired) electrons. The molecule has 31 heavy (non-hydrogen) atoms. The Hall–Kier alpha value is -3.81. The normalized spacial score (nSPS) is 10.5. The Morgan fingerprint density at radius 2 is 1.81 bits per heavy atom. The highest BCUT2D eigenvalue weighted by Crippen LogP contribution is 2.25. The van der Waals surface area contributed by atoms with Gasteiger partial charge >= 0.3 is 0 Å². The summed E-state index contributed by atoms with van der Waals surface area (Å²) in [5.41, 5.74) is 3.65. The van der Waals surface area contributed by atoms with Crippen LogP contribution >= 0.6 is 0 Å². The summed E-state index contributed by atoms with van der Waals surface area (Å²) in [6, 6.07) is 12.1. The lowest BCUT2D eigenvalue weighted by Gasteiger charge is -2.12. The summed E-state index contributed by atoms with van der Waals surface area (Å²) in [7, 11) is 1.53. The van der Waals surface area contributed by atoms with E-state index in [9.17, 15) is 9.59 Å². The van der Waals surface area contributed by atoms with Crippen molar-refractivity contribution < 1.29 is 23.6 Å². The number of aryl methyl sites for hydroxylation is 3. The molecule has 0 fully saturated rings. The molecule has 3 aromatic rings. The first kappa shape index (κ1) is 21.9. The summed E-state index contributed by atoms with van der Waals surface area (Å²) in [6.45, 7) is 5.76. The van der Waals surface area contributed by atoms with Crippen molar-refractivity contribution in [2.24, 2.45) is 0 Å². The van der Waals surface area contributed by atoms with Gasteiger partial charge in [0.2, 0.25) is 5.91 Å². The van der Waals surface area contributed by atoms with Crippen LogP contribution in [0.5, 0.6) is 11.5 Å². The van der Waals surface area contributed by atoms with Crippen molar-refractivity contribution in [2.75, 3.05) is 19.0 Å². The first-order valence-electron chi connectivity index (χ1n) is 9.74. The molecule has 0 bridgehead atoms. The van der Waals surface area contributed by atoms with Gasteiger partial charge in [-0.3, -0.25) is 9.59 Å². The van der Waals surface area contributed by atoms with Gasteiger partial charge in [0, 0.05) is 5.56 Å². The van der Waals surface area contributed by atoms with Crippen molar-refractivity contribution in [3.05, 3.63) is 70.6 Å². The van der Waals surface area contributed by atoms with Gasteiger partial charge in [-0.1, -0.05) is 11.2 Å². The Kier molecular flexibility index (Phi) is 6.92. The maximum Gasteiger partial charge on any atom is 0.251 e. The highest BCUT2D eigenvalue weighted by Gasteiger charge is 2.12. The lowest BCUT2D eigenvalue weighted by molar-refractivity contribution is -0.115. The van der Waals surface area contributed by atoms with E-state index in [4.69, 9.17) is 14.0 Å². The number of benzene rings is 2. The summed E-state index contributed by atoms with van der Waals surface area (Å²) in [4.78, 5) is 24.6. The molecule has 1 aromatic heterocycles. The Labute approximate surface area is 180 Å². The molecule has 0 atom stereocenters. The third-order valence-corrected chi connectivity index (χ3v) is 4.72. The molecule has 1 heterocycles. The molecule has 0 saturated carbocycles. The molecular formula is C23H25N3O5. The van der Waals surface area contributed by atoms with Crippen LogP contribution in [0.15, 0.2) is 47.0 Å². The lowest BCUT2D eigenvalue weighted by atomic mass is 10.2. The van der Waals surface area contributed by atoms with E-state index in [-0.39, 0.29) is 18.4 Å². The summed E-state index contributed by atoms with van der Waals surface area (Å²) < 4.78 is 16.1. The number of hydrogen-bond acceptors (Lipinski definition) is 6. The van der Waals surface area contributed by atoms with Crippen molar-refractivity contribution in [3.63, 3.8) is 0 Å². The van der Waals surface area contributed by atoms with E-state index < -0.39 is 0 Å². The smallest absolute Gasteiger partial charge is 0.251 e. The maximum atomic E-state index is 12.3. The van der Waals surface area contributed by atoms with E-state index in [0.29, 0.717) is 29.4 Å². The third-order valence-electron chi connectivity index (χ3n) is 4.72. The third kappa shape index (κ3) is 5.63. The number of ether oxygens (including phenoxy) is 2. The number of anilines is 1. The predicted molar refractivity (Wildman–Crippen MR) is 115 cm³/mol. The lowest BCUT2D eigenvalue weighted by Crippen LogP contribution is -2.32. The van der Waals surface area contributed by atoms with Crippen LogP contribution in [0.2, 0.25) is 0 Å². The van der Waals surface area contributed by atoms with Gasteiger partial charge in [-0.25, -0.2) is 0 Å². The number of nitrogens with one attached hydrogen (secondary N) is 2. The number of carbonyl (C=O) groups is 2. The molecule has 0 aliphatic carbocycles. The molecule has 162 valence electrons. The molecular weight excluding hydrogens is 398 g/mol. The molecule has 3 rings (SSSR count). The Bertz CT molecular complexity index is 1050. The van der Waals surface area contributed by atoms with Gasteiger partial charge in [-0.2, -0.15) is 0 Å². The molecule has 0 aliphatic heterocycles. The van der Waals surface area contributed by atoms with Crippen LogP contribution in [0.25, 0.3) is 0 Å². The van der Waals surface area contributed by atoms with Gasteiger partial charge in [0.1, 0.15) is 23.9 Å². The number of aromatic nitrogens is 1. The minimum atomic E-state index is -0.358. The van der Waals surface area contributed by atoms with Crippen LogP contribution in [0.3, 0.4) is 0 Å². The SMILES string of the molecule is COc1ccc(C)cc1NC(=O)CNC(=O)c1ccc(OCc2c(C)noc2C)cc1. The predicted octanol–water partition coefficient (Wildman–Crippen LogP) is 3.56. The number of carbonyl (C=O) groups excluding carboxylic acids is 2. The molecule has 8 nitrogen and oxygen atoms in total. The fourth-order valence-corrected chi connectivity index (χ4v) is 2.94. The van der Waals surface area contributed by atoms with Gasteiger partial charge in [-0.05, 0) is 62.7 Å². The molecule has 0 saturated heterocycles. The number of hydrogen-bond donors (Lipinski definition) is 2. The summed E-state index contributed by atoms with van der Waals surface area (Å²) in [6.07, 6.45) is 0. The highest BCUT2D eigenvalue weighted by molar-refractivity contribution is 5.99. The summed E-state index contributed by atoms with van der Waals surface area (Å²) >= 11 is 0. The van der Waals surface area contributed by atoms with E-state index in [2.05, 4.69) is 15.8 Å². The Morgan fingerprint density at radius 1 is 1.06 bits per heavy atom. The second kappa shape index (κ2) is 9.80. The quantitative estimate of drug-likeness (QED) is 0.574. The summed E-state index contributed by atoms with van der Waals surface area (Å²) in [5, 5.41) is 9.25. The van der Waals surface area contributed by atoms with Gasteiger partial charge < -0.3 is 24.6 Å². The van der Waals surface area contributed by atoms with E-state index in [0.717, 1.165) is 22.6 Å². The number of rotatable bonds is 8. The van der Waals surface area contributed by atoms with Gasteiger partial charge in [-0.15, -0.1) is 0 Å². The average molecular weight is 423 g/mol. The first-order chi connectivity index (χ1) is 14.9. The second-order valence-corrected chi connectivity index (χ2v) is 7.05. The van der Waals surface area contributed by atoms with E-state index in [1.807, 2.05) is 26.8 Å². The molecule has 0 unspecified atom stereocenters.